The molecule has 3 nitrogen and oxygen atoms in total. The van der Waals surface area contributed by atoms with Gasteiger partial charge in [-0.15, -0.1) is 0 Å². The van der Waals surface area contributed by atoms with Crippen LogP contribution < -0.4 is 0 Å². The van der Waals surface area contributed by atoms with E-state index in [1.165, 1.54) is 5.56 Å². The highest BCUT2D eigenvalue weighted by Crippen LogP contribution is 2.32. The maximum atomic E-state index is 11.9. The highest BCUT2D eigenvalue weighted by atomic mass is 16.1. The van der Waals surface area contributed by atoms with E-state index in [4.69, 9.17) is 0 Å². The summed E-state index contributed by atoms with van der Waals surface area (Å²) in [7, 11) is 0. The molecule has 1 saturated carbocycles. The summed E-state index contributed by atoms with van der Waals surface area (Å²) in [6, 6.07) is 5.91. The fourth-order valence-corrected chi connectivity index (χ4v) is 2.12. The van der Waals surface area contributed by atoms with E-state index in [0.29, 0.717) is 5.78 Å². The van der Waals surface area contributed by atoms with Gasteiger partial charge in [0.1, 0.15) is 0 Å². The second-order valence-corrected chi connectivity index (χ2v) is 4.98. The van der Waals surface area contributed by atoms with E-state index in [1.54, 1.807) is 0 Å². The SMILES string of the molecule is Cc1cccnc1Cn1ccc(C(=O)C2CC2)c1. The molecule has 0 amide bonds. The summed E-state index contributed by atoms with van der Waals surface area (Å²) in [6.07, 6.45) is 7.83. The Balaban J connectivity index is 1.77. The first-order valence-electron chi connectivity index (χ1n) is 6.34. The maximum absolute atomic E-state index is 11.9. The molecular formula is C15H16N2O. The Morgan fingerprint density at radius 3 is 3.00 bits per heavy atom. The molecule has 18 heavy (non-hydrogen) atoms. The molecule has 0 saturated heterocycles. The molecule has 2 heterocycles. The van der Waals surface area contributed by atoms with E-state index in [-0.39, 0.29) is 5.92 Å². The lowest BCUT2D eigenvalue weighted by molar-refractivity contribution is 0.0967. The fourth-order valence-electron chi connectivity index (χ4n) is 2.12. The van der Waals surface area contributed by atoms with Gasteiger partial charge in [-0.2, -0.15) is 0 Å². The van der Waals surface area contributed by atoms with Crippen LogP contribution in [0, 0.1) is 12.8 Å². The zero-order chi connectivity index (χ0) is 12.5. The fraction of sp³-hybridized carbons (Fsp3) is 0.333. The minimum atomic E-state index is 0.289. The normalized spacial score (nSPS) is 14.7. The van der Waals surface area contributed by atoms with Gasteiger partial charge in [0.25, 0.3) is 0 Å². The maximum Gasteiger partial charge on any atom is 0.167 e. The number of aromatic nitrogens is 2. The van der Waals surface area contributed by atoms with Crippen molar-refractivity contribution in [1.29, 1.82) is 0 Å². The number of carbonyl (C=O) groups is 1. The Hall–Kier alpha value is -1.90. The Morgan fingerprint density at radius 1 is 1.44 bits per heavy atom. The molecule has 1 fully saturated rings. The molecule has 1 aliphatic carbocycles. The van der Waals surface area contributed by atoms with Crippen LogP contribution in [0.25, 0.3) is 0 Å². The van der Waals surface area contributed by atoms with Gasteiger partial charge < -0.3 is 4.57 Å². The third kappa shape index (κ3) is 2.21. The van der Waals surface area contributed by atoms with Crippen molar-refractivity contribution in [3.8, 4) is 0 Å². The number of hydrogen-bond donors (Lipinski definition) is 0. The van der Waals surface area contributed by atoms with Crippen LogP contribution in [0.3, 0.4) is 0 Å². The van der Waals surface area contributed by atoms with Gasteiger partial charge >= 0.3 is 0 Å². The lowest BCUT2D eigenvalue weighted by Gasteiger charge is -2.05. The molecule has 1 aliphatic rings. The van der Waals surface area contributed by atoms with Gasteiger partial charge in [-0.3, -0.25) is 9.78 Å². The van der Waals surface area contributed by atoms with Crippen molar-refractivity contribution >= 4 is 5.78 Å². The number of hydrogen-bond acceptors (Lipinski definition) is 2. The Bertz CT molecular complexity index is 582. The second kappa shape index (κ2) is 4.41. The largest absolute Gasteiger partial charge is 0.348 e. The van der Waals surface area contributed by atoms with E-state index in [1.807, 2.05) is 35.3 Å². The topological polar surface area (TPSA) is 34.9 Å². The highest BCUT2D eigenvalue weighted by molar-refractivity contribution is 5.99. The van der Waals surface area contributed by atoms with E-state index in [0.717, 1.165) is 30.6 Å². The van der Waals surface area contributed by atoms with Crippen LogP contribution in [0.15, 0.2) is 36.8 Å². The molecule has 0 bridgehead atoms. The number of carbonyl (C=O) groups excluding carboxylic acids is 1. The first kappa shape index (κ1) is 11.2. The molecule has 0 aromatic carbocycles. The van der Waals surface area contributed by atoms with Crippen LogP contribution in [0.5, 0.6) is 0 Å². The molecule has 3 rings (SSSR count). The van der Waals surface area contributed by atoms with E-state index >= 15 is 0 Å². The van der Waals surface area contributed by atoms with Crippen molar-refractivity contribution in [2.45, 2.75) is 26.3 Å². The standard InChI is InChI=1S/C15H16N2O/c1-11-3-2-7-16-14(11)10-17-8-6-13(9-17)15(18)12-4-5-12/h2-3,6-9,12H,4-5,10H2,1H3. The molecular weight excluding hydrogens is 224 g/mol. The molecule has 0 unspecified atom stereocenters. The summed E-state index contributed by atoms with van der Waals surface area (Å²) in [5.41, 5.74) is 3.07. The van der Waals surface area contributed by atoms with Gasteiger partial charge in [0, 0.05) is 30.1 Å². The molecule has 3 heteroatoms. The number of rotatable bonds is 4. The van der Waals surface area contributed by atoms with E-state index in [9.17, 15) is 4.79 Å². The van der Waals surface area contributed by atoms with Crippen molar-refractivity contribution in [2.75, 3.05) is 0 Å². The summed E-state index contributed by atoms with van der Waals surface area (Å²) >= 11 is 0. The predicted molar refractivity (Wildman–Crippen MR) is 69.6 cm³/mol. The minimum Gasteiger partial charge on any atom is -0.348 e. The summed E-state index contributed by atoms with van der Waals surface area (Å²) in [5.74, 6) is 0.587. The average Bonchev–Trinajstić information content (AvgIpc) is 3.12. The lowest BCUT2D eigenvalue weighted by Crippen LogP contribution is -2.03. The van der Waals surface area contributed by atoms with Crippen LogP contribution in [-0.2, 0) is 6.54 Å². The monoisotopic (exact) mass is 240 g/mol. The lowest BCUT2D eigenvalue weighted by atomic mass is 10.1. The predicted octanol–water partition coefficient (Wildman–Crippen LogP) is 2.83. The molecule has 0 aliphatic heterocycles. The third-order valence-corrected chi connectivity index (χ3v) is 3.43. The Labute approximate surface area is 106 Å². The van der Waals surface area contributed by atoms with Gasteiger partial charge in [0.2, 0.25) is 0 Å². The third-order valence-electron chi connectivity index (χ3n) is 3.43. The van der Waals surface area contributed by atoms with E-state index in [2.05, 4.69) is 18.0 Å². The summed E-state index contributed by atoms with van der Waals surface area (Å²) < 4.78 is 2.03. The van der Waals surface area contributed by atoms with Crippen molar-refractivity contribution in [3.63, 3.8) is 0 Å². The number of Topliss-reactive ketones (excluding diaryl/α,β-unsaturated/α-hetero) is 1. The highest BCUT2D eigenvalue weighted by Gasteiger charge is 2.30. The van der Waals surface area contributed by atoms with Gasteiger partial charge in [-0.05, 0) is 37.5 Å². The molecule has 2 aromatic rings. The van der Waals surface area contributed by atoms with Crippen LogP contribution in [0.2, 0.25) is 0 Å². The summed E-state index contributed by atoms with van der Waals surface area (Å²) in [4.78, 5) is 16.3. The number of ketones is 1. The molecule has 92 valence electrons. The summed E-state index contributed by atoms with van der Waals surface area (Å²) in [6.45, 7) is 2.78. The van der Waals surface area contributed by atoms with Gasteiger partial charge in [-0.25, -0.2) is 0 Å². The zero-order valence-electron chi connectivity index (χ0n) is 10.5. The average molecular weight is 240 g/mol. The quantitative estimate of drug-likeness (QED) is 0.770. The molecule has 0 atom stereocenters. The van der Waals surface area contributed by atoms with Crippen LogP contribution in [-0.4, -0.2) is 15.3 Å². The van der Waals surface area contributed by atoms with Crippen LogP contribution >= 0.6 is 0 Å². The van der Waals surface area contributed by atoms with Gasteiger partial charge in [-0.1, -0.05) is 6.07 Å². The van der Waals surface area contributed by atoms with Crippen LogP contribution in [0.1, 0.15) is 34.5 Å². The summed E-state index contributed by atoms with van der Waals surface area (Å²) in [5, 5.41) is 0. The number of pyridine rings is 1. The number of nitrogens with zero attached hydrogens (tertiary/aromatic N) is 2. The van der Waals surface area contributed by atoms with Crippen molar-refractivity contribution in [3.05, 3.63) is 53.6 Å². The smallest absolute Gasteiger partial charge is 0.167 e. The molecule has 0 radical (unpaired) electrons. The molecule has 0 spiro atoms. The van der Waals surface area contributed by atoms with Crippen LogP contribution in [0.4, 0.5) is 0 Å². The Morgan fingerprint density at radius 2 is 2.28 bits per heavy atom. The minimum absolute atomic E-state index is 0.289. The van der Waals surface area contributed by atoms with E-state index < -0.39 is 0 Å². The van der Waals surface area contributed by atoms with Gasteiger partial charge in [0.05, 0.1) is 12.2 Å². The van der Waals surface area contributed by atoms with Gasteiger partial charge in [0.15, 0.2) is 5.78 Å². The van der Waals surface area contributed by atoms with Crippen molar-refractivity contribution in [2.24, 2.45) is 5.92 Å². The second-order valence-electron chi connectivity index (χ2n) is 4.98. The molecule has 0 N–H and O–H groups in total. The first-order chi connectivity index (χ1) is 8.74. The zero-order valence-corrected chi connectivity index (χ0v) is 10.5. The molecule has 2 aromatic heterocycles. The Kier molecular flexibility index (Phi) is 2.74. The first-order valence-corrected chi connectivity index (χ1v) is 6.34. The van der Waals surface area contributed by atoms with Crippen molar-refractivity contribution in [1.82, 2.24) is 9.55 Å². The number of aryl methyl sites for hydroxylation is 1. The van der Waals surface area contributed by atoms with Crippen molar-refractivity contribution < 1.29 is 4.79 Å².